The summed E-state index contributed by atoms with van der Waals surface area (Å²) in [6.07, 6.45) is 17.1. The maximum atomic E-state index is 7.00. The van der Waals surface area contributed by atoms with Gasteiger partial charge in [0.1, 0.15) is 0 Å². The minimum atomic E-state index is 0.0247. The first-order valence-corrected chi connectivity index (χ1v) is 16.2. The zero-order valence-electron chi connectivity index (χ0n) is 23.4. The van der Waals surface area contributed by atoms with E-state index in [9.17, 15) is 0 Å². The summed E-state index contributed by atoms with van der Waals surface area (Å²) in [5.41, 5.74) is 4.14. The SMILES string of the molecule is CC.[B]N1CCCC2OC3(CCC4C(=C(C)C3)CC3C4CCC4C[C@H](NSC)CCC43C)C(C)C21. The van der Waals surface area contributed by atoms with Crippen molar-refractivity contribution < 1.29 is 4.74 Å². The molecule has 5 heteroatoms. The van der Waals surface area contributed by atoms with Gasteiger partial charge in [-0.25, -0.2) is 0 Å². The molecule has 5 fully saturated rings. The summed E-state index contributed by atoms with van der Waals surface area (Å²) < 4.78 is 10.7. The molecule has 0 aromatic rings. The van der Waals surface area contributed by atoms with Gasteiger partial charge in [0.15, 0.2) is 7.98 Å². The van der Waals surface area contributed by atoms with Gasteiger partial charge < -0.3 is 9.55 Å². The van der Waals surface area contributed by atoms with Gasteiger partial charge in [-0.15, -0.1) is 0 Å². The maximum absolute atomic E-state index is 7.00. The molecule has 4 aliphatic carbocycles. The zero-order chi connectivity index (χ0) is 25.0. The van der Waals surface area contributed by atoms with Gasteiger partial charge in [0.05, 0.1) is 11.7 Å². The summed E-state index contributed by atoms with van der Waals surface area (Å²) in [6.45, 7) is 12.6. The van der Waals surface area contributed by atoms with Crippen LogP contribution in [0.1, 0.15) is 105 Å². The highest BCUT2D eigenvalue weighted by molar-refractivity contribution is 7.96. The molecule has 1 spiro atoms. The first kappa shape index (κ1) is 26.6. The van der Waals surface area contributed by atoms with Crippen LogP contribution in [0, 0.1) is 35.0 Å². The second kappa shape index (κ2) is 10.3. The fraction of sp³-hybridized carbons (Fsp3) is 0.933. The predicted octanol–water partition coefficient (Wildman–Crippen LogP) is 6.92. The van der Waals surface area contributed by atoms with E-state index < -0.39 is 0 Å². The lowest BCUT2D eigenvalue weighted by atomic mass is 9.52. The number of nitrogens with zero attached hydrogens (tertiary/aromatic N) is 1. The molecule has 35 heavy (non-hydrogen) atoms. The summed E-state index contributed by atoms with van der Waals surface area (Å²) in [7, 11) is 6.49. The van der Waals surface area contributed by atoms with Crippen LogP contribution in [0.25, 0.3) is 0 Å². The van der Waals surface area contributed by atoms with Crippen LogP contribution in [0.4, 0.5) is 0 Å². The Morgan fingerprint density at radius 3 is 2.66 bits per heavy atom. The third-order valence-electron chi connectivity index (χ3n) is 11.8. The molecule has 0 aromatic heterocycles. The van der Waals surface area contributed by atoms with Crippen LogP contribution in [0.2, 0.25) is 0 Å². The first-order valence-electron chi connectivity index (χ1n) is 15.0. The van der Waals surface area contributed by atoms with Gasteiger partial charge in [0.25, 0.3) is 0 Å². The fourth-order valence-electron chi connectivity index (χ4n) is 10.1. The molecule has 196 valence electrons. The molecule has 2 heterocycles. The van der Waals surface area contributed by atoms with Gasteiger partial charge in [0.2, 0.25) is 0 Å². The second-order valence-electron chi connectivity index (χ2n) is 13.1. The third-order valence-corrected chi connectivity index (χ3v) is 12.4. The van der Waals surface area contributed by atoms with Crippen molar-refractivity contribution in [2.24, 2.45) is 35.0 Å². The molecule has 2 radical (unpaired) electrons. The van der Waals surface area contributed by atoms with Crippen molar-refractivity contribution in [1.82, 2.24) is 9.53 Å². The number of nitrogens with one attached hydrogen (secondary N) is 1. The number of fused-ring (bicyclic) bond motifs is 6. The molecule has 10 atom stereocenters. The lowest BCUT2D eigenvalue weighted by molar-refractivity contribution is -0.0730. The number of rotatable bonds is 2. The van der Waals surface area contributed by atoms with Crippen molar-refractivity contribution >= 4 is 19.9 Å². The topological polar surface area (TPSA) is 24.5 Å². The molecule has 2 saturated heterocycles. The Balaban J connectivity index is 0.00000124. The minimum Gasteiger partial charge on any atom is -0.369 e. The Labute approximate surface area is 221 Å². The first-order chi connectivity index (χ1) is 16.9. The highest BCUT2D eigenvalue weighted by atomic mass is 32.2. The van der Waals surface area contributed by atoms with Gasteiger partial charge in [-0.1, -0.05) is 50.8 Å². The summed E-state index contributed by atoms with van der Waals surface area (Å²) >= 11 is 1.82. The van der Waals surface area contributed by atoms with Crippen LogP contribution in [0.3, 0.4) is 0 Å². The normalized spacial score (nSPS) is 49.4. The molecule has 0 aromatic carbocycles. The Kier molecular flexibility index (Phi) is 7.84. The van der Waals surface area contributed by atoms with Crippen LogP contribution in [-0.4, -0.2) is 49.4 Å². The lowest BCUT2D eigenvalue weighted by Crippen LogP contribution is -2.49. The quantitative estimate of drug-likeness (QED) is 0.254. The molecular formula is C30H51BN2OS. The molecule has 2 aliphatic heterocycles. The molecular weight excluding hydrogens is 447 g/mol. The minimum absolute atomic E-state index is 0.0247. The zero-order valence-corrected chi connectivity index (χ0v) is 24.3. The van der Waals surface area contributed by atoms with E-state index in [1.54, 1.807) is 5.57 Å². The number of hydrogen-bond donors (Lipinski definition) is 1. The van der Waals surface area contributed by atoms with Crippen LogP contribution in [-0.2, 0) is 4.74 Å². The Hall–Kier alpha value is 0.0349. The molecule has 0 bridgehead atoms. The van der Waals surface area contributed by atoms with Crippen molar-refractivity contribution in [3.8, 4) is 0 Å². The van der Waals surface area contributed by atoms with Crippen LogP contribution >= 0.6 is 11.9 Å². The lowest BCUT2D eigenvalue weighted by Gasteiger charge is -2.54. The van der Waals surface area contributed by atoms with E-state index in [2.05, 4.69) is 36.6 Å². The molecule has 6 aliphatic rings. The Bertz CT molecular complexity index is 805. The summed E-state index contributed by atoms with van der Waals surface area (Å²) in [5, 5.41) is 0. The predicted molar refractivity (Wildman–Crippen MR) is 150 cm³/mol. The molecule has 3 nitrogen and oxygen atoms in total. The standard InChI is InChI=1S/C28H45BN2OS.C2H6/c1-17-16-28(18(2)26-25(32-28)6-5-13-31(26)29)12-10-21-22-8-7-19-14-20(30-33-4)9-11-27(19,3)24(22)15-23(17)21;1-2/h18-22,24-26,30H,5-16H2,1-4H3;1-2H3/t18?,19?,20-,21?,22?,24?,25?,26?,27?,28?;/m1./s1. The van der Waals surface area contributed by atoms with Crippen LogP contribution in [0.15, 0.2) is 11.1 Å². The second-order valence-corrected chi connectivity index (χ2v) is 13.7. The number of allylic oxidation sites excluding steroid dienone is 1. The van der Waals surface area contributed by atoms with Crippen molar-refractivity contribution in [2.45, 2.75) is 129 Å². The Morgan fingerprint density at radius 1 is 1.11 bits per heavy atom. The van der Waals surface area contributed by atoms with E-state index in [0.717, 1.165) is 42.7 Å². The van der Waals surface area contributed by atoms with Crippen molar-refractivity contribution in [1.29, 1.82) is 0 Å². The van der Waals surface area contributed by atoms with Gasteiger partial charge in [-0.3, -0.25) is 4.72 Å². The highest BCUT2D eigenvalue weighted by Gasteiger charge is 2.59. The molecule has 9 unspecified atom stereocenters. The summed E-state index contributed by atoms with van der Waals surface area (Å²) in [5.74, 6) is 4.11. The number of hydrogen-bond acceptors (Lipinski definition) is 4. The van der Waals surface area contributed by atoms with E-state index in [-0.39, 0.29) is 5.60 Å². The van der Waals surface area contributed by atoms with E-state index in [0.29, 0.717) is 23.5 Å². The number of piperidine rings is 1. The molecule has 6 rings (SSSR count). The smallest absolute Gasteiger partial charge is 0.183 e. The van der Waals surface area contributed by atoms with Crippen LogP contribution < -0.4 is 4.72 Å². The van der Waals surface area contributed by atoms with E-state index >= 15 is 0 Å². The van der Waals surface area contributed by atoms with Gasteiger partial charge in [-0.05, 0) is 119 Å². The van der Waals surface area contributed by atoms with E-state index in [1.165, 1.54) is 64.2 Å². The van der Waals surface area contributed by atoms with Gasteiger partial charge >= 0.3 is 0 Å². The van der Waals surface area contributed by atoms with Crippen molar-refractivity contribution in [3.05, 3.63) is 11.1 Å². The molecule has 1 N–H and O–H groups in total. The molecule has 0 amide bonds. The van der Waals surface area contributed by atoms with Crippen molar-refractivity contribution in [2.75, 3.05) is 12.8 Å². The monoisotopic (exact) mass is 498 g/mol. The third kappa shape index (κ3) is 4.31. The maximum Gasteiger partial charge on any atom is 0.183 e. The van der Waals surface area contributed by atoms with Crippen LogP contribution in [0.5, 0.6) is 0 Å². The van der Waals surface area contributed by atoms with Gasteiger partial charge in [-0.2, -0.15) is 0 Å². The molecule has 3 saturated carbocycles. The summed E-state index contributed by atoms with van der Waals surface area (Å²) in [4.78, 5) is 2.13. The van der Waals surface area contributed by atoms with E-state index in [4.69, 9.17) is 12.7 Å². The highest BCUT2D eigenvalue weighted by Crippen LogP contribution is 2.65. The fourth-order valence-corrected chi connectivity index (χ4v) is 10.7. The average Bonchev–Trinajstić information content (AvgIpc) is 3.32. The van der Waals surface area contributed by atoms with E-state index in [1.807, 2.05) is 31.4 Å². The Morgan fingerprint density at radius 2 is 1.91 bits per heavy atom. The largest absolute Gasteiger partial charge is 0.369 e. The van der Waals surface area contributed by atoms with Crippen molar-refractivity contribution in [3.63, 3.8) is 0 Å². The average molecular weight is 499 g/mol. The van der Waals surface area contributed by atoms with Gasteiger partial charge in [0, 0.05) is 18.0 Å². The number of ether oxygens (including phenoxy) is 1. The summed E-state index contributed by atoms with van der Waals surface area (Å²) in [6, 6.07) is 1.15.